The summed E-state index contributed by atoms with van der Waals surface area (Å²) in [7, 11) is -2.26. The molecule has 0 N–H and O–H groups in total. The van der Waals surface area contributed by atoms with Crippen LogP contribution in [-0.2, 0) is 10.0 Å². The minimum atomic E-state index is -3.54. The molecule has 0 amide bonds. The number of hydrogen-bond acceptors (Lipinski definition) is 4. The smallest absolute Gasteiger partial charge is 0.124 e. The lowest BCUT2D eigenvalue weighted by Crippen LogP contribution is -1.96. The third-order valence-corrected chi connectivity index (χ3v) is 5.38. The molecule has 0 spiro atoms. The van der Waals surface area contributed by atoms with Gasteiger partial charge in [-0.15, -0.1) is 11.3 Å². The van der Waals surface area contributed by atoms with E-state index in [0.29, 0.717) is 10.7 Å². The topological polar surface area (TPSA) is 61.1 Å². The van der Waals surface area contributed by atoms with E-state index >= 15 is 0 Å². The van der Waals surface area contributed by atoms with E-state index < -0.39 is 10.0 Å². The number of aromatic nitrogens is 1. The Morgan fingerprint density at radius 2 is 1.88 bits per heavy atom. The van der Waals surface area contributed by atoms with E-state index in [9.17, 15) is 8.42 Å². The molecular formula is C11H11N2O2S2-. The van der Waals surface area contributed by atoms with E-state index in [4.69, 9.17) is 0 Å². The lowest BCUT2D eigenvalue weighted by atomic mass is 10.2. The predicted octanol–water partition coefficient (Wildman–Crippen LogP) is 2.81. The number of thiazole rings is 1. The third-order valence-electron chi connectivity index (χ3n) is 2.25. The van der Waals surface area contributed by atoms with Gasteiger partial charge in [-0.2, -0.15) is 7.05 Å². The van der Waals surface area contributed by atoms with Crippen molar-refractivity contribution in [3.8, 4) is 10.6 Å². The summed E-state index contributed by atoms with van der Waals surface area (Å²) >= 11 is 1.15. The normalized spacial score (nSPS) is 11.6. The molecule has 1 aromatic carbocycles. The maximum atomic E-state index is 11.7. The molecule has 0 atom stereocenters. The van der Waals surface area contributed by atoms with E-state index in [2.05, 4.69) is 9.71 Å². The SMILES string of the molecule is C[N-]S(=O)(=O)c1sc(-c2ccccc2)nc1C. The molecule has 1 aromatic heterocycles. The Hall–Kier alpha value is -1.24. The number of hydrogen-bond donors (Lipinski definition) is 0. The first-order chi connectivity index (χ1) is 8.04. The van der Waals surface area contributed by atoms with Crippen LogP contribution in [0, 0.1) is 6.92 Å². The summed E-state index contributed by atoms with van der Waals surface area (Å²) in [6, 6.07) is 9.49. The number of benzene rings is 1. The van der Waals surface area contributed by atoms with Crippen LogP contribution in [0.25, 0.3) is 15.3 Å². The zero-order valence-corrected chi connectivity index (χ0v) is 11.0. The van der Waals surface area contributed by atoms with Crippen molar-refractivity contribution in [2.45, 2.75) is 11.1 Å². The van der Waals surface area contributed by atoms with Gasteiger partial charge in [0.15, 0.2) is 0 Å². The van der Waals surface area contributed by atoms with Crippen molar-refractivity contribution in [2.75, 3.05) is 7.05 Å². The van der Waals surface area contributed by atoms with Gasteiger partial charge in [0.2, 0.25) is 0 Å². The van der Waals surface area contributed by atoms with Crippen molar-refractivity contribution in [3.05, 3.63) is 40.7 Å². The fourth-order valence-electron chi connectivity index (χ4n) is 1.41. The average molecular weight is 267 g/mol. The van der Waals surface area contributed by atoms with Crippen molar-refractivity contribution in [3.63, 3.8) is 0 Å². The Morgan fingerprint density at radius 1 is 1.24 bits per heavy atom. The molecule has 0 fully saturated rings. The van der Waals surface area contributed by atoms with Crippen LogP contribution in [0.1, 0.15) is 5.69 Å². The molecule has 4 nitrogen and oxygen atoms in total. The molecule has 0 unspecified atom stereocenters. The van der Waals surface area contributed by atoms with Gasteiger partial charge in [-0.05, 0) is 6.92 Å². The highest BCUT2D eigenvalue weighted by Gasteiger charge is 2.14. The van der Waals surface area contributed by atoms with E-state index in [1.54, 1.807) is 6.92 Å². The van der Waals surface area contributed by atoms with Crippen LogP contribution in [0.5, 0.6) is 0 Å². The van der Waals surface area contributed by atoms with E-state index in [1.807, 2.05) is 30.3 Å². The largest absolute Gasteiger partial charge is 0.547 e. The molecule has 6 heteroatoms. The molecule has 90 valence electrons. The minimum absolute atomic E-state index is 0.221. The molecule has 0 radical (unpaired) electrons. The molecule has 17 heavy (non-hydrogen) atoms. The first-order valence-electron chi connectivity index (χ1n) is 4.93. The highest BCUT2D eigenvalue weighted by atomic mass is 32.2. The van der Waals surface area contributed by atoms with Crippen molar-refractivity contribution in [1.29, 1.82) is 0 Å². The monoisotopic (exact) mass is 267 g/mol. The summed E-state index contributed by atoms with van der Waals surface area (Å²) in [5, 5.41) is 0.699. The third kappa shape index (κ3) is 2.38. The first-order valence-corrected chi connectivity index (χ1v) is 7.19. The van der Waals surface area contributed by atoms with Crippen LogP contribution in [0.15, 0.2) is 34.5 Å². The predicted molar refractivity (Wildman–Crippen MR) is 68.8 cm³/mol. The fraction of sp³-hybridized carbons (Fsp3) is 0.182. The molecule has 0 aliphatic carbocycles. The second-order valence-electron chi connectivity index (χ2n) is 3.42. The van der Waals surface area contributed by atoms with E-state index in [1.165, 1.54) is 7.05 Å². The van der Waals surface area contributed by atoms with Crippen LogP contribution in [-0.4, -0.2) is 20.4 Å². The molecule has 2 aromatic rings. The maximum absolute atomic E-state index is 11.7. The minimum Gasteiger partial charge on any atom is -0.547 e. The molecule has 0 aliphatic heterocycles. The highest BCUT2D eigenvalue weighted by molar-refractivity contribution is 7.96. The Labute approximate surface area is 104 Å². The molecular weight excluding hydrogens is 256 g/mol. The Bertz CT molecular complexity index is 618. The molecule has 0 bridgehead atoms. The van der Waals surface area contributed by atoms with Gasteiger partial charge >= 0.3 is 0 Å². The quantitative estimate of drug-likeness (QED) is 0.859. The number of aryl methyl sites for hydroxylation is 1. The first kappa shape index (κ1) is 12.2. The summed E-state index contributed by atoms with van der Waals surface area (Å²) in [4.78, 5) is 4.27. The van der Waals surface area contributed by atoms with Gasteiger partial charge in [0.25, 0.3) is 0 Å². The number of sulfonamides is 1. The van der Waals surface area contributed by atoms with Gasteiger partial charge in [-0.1, -0.05) is 30.3 Å². The summed E-state index contributed by atoms with van der Waals surface area (Å²) < 4.78 is 27.0. The molecule has 0 saturated heterocycles. The van der Waals surface area contributed by atoms with Crippen molar-refractivity contribution < 1.29 is 8.42 Å². The molecule has 1 heterocycles. The van der Waals surface area contributed by atoms with E-state index in [-0.39, 0.29) is 4.21 Å². The van der Waals surface area contributed by atoms with Gasteiger partial charge in [0, 0.05) is 5.56 Å². The lowest BCUT2D eigenvalue weighted by Gasteiger charge is -2.10. The summed E-state index contributed by atoms with van der Waals surface area (Å²) in [6.07, 6.45) is 0. The van der Waals surface area contributed by atoms with Crippen LogP contribution >= 0.6 is 11.3 Å². The maximum Gasteiger partial charge on any atom is 0.124 e. The van der Waals surface area contributed by atoms with E-state index in [0.717, 1.165) is 16.9 Å². The standard InChI is InChI=1S/C11H11N2O2S2/c1-8-11(17(14,15)12-2)16-10(13-8)9-6-4-3-5-7-9/h3-7H,1-2H3/q-1. The Balaban J connectivity index is 2.52. The summed E-state index contributed by atoms with van der Waals surface area (Å²) in [5.41, 5.74) is 1.41. The summed E-state index contributed by atoms with van der Waals surface area (Å²) in [6.45, 7) is 1.68. The zero-order valence-electron chi connectivity index (χ0n) is 9.41. The number of nitrogens with zero attached hydrogens (tertiary/aromatic N) is 2. The molecule has 0 aliphatic rings. The zero-order chi connectivity index (χ0) is 12.5. The summed E-state index contributed by atoms with van der Waals surface area (Å²) in [5.74, 6) is 0. The van der Waals surface area contributed by atoms with Crippen molar-refractivity contribution >= 4 is 21.4 Å². The highest BCUT2D eigenvalue weighted by Crippen LogP contribution is 2.32. The van der Waals surface area contributed by atoms with Crippen molar-refractivity contribution in [1.82, 2.24) is 4.98 Å². The number of rotatable bonds is 3. The average Bonchev–Trinajstić information content (AvgIpc) is 2.73. The lowest BCUT2D eigenvalue weighted by molar-refractivity contribution is 0.604. The molecule has 0 saturated carbocycles. The van der Waals surface area contributed by atoms with Crippen molar-refractivity contribution in [2.24, 2.45) is 0 Å². The second kappa shape index (κ2) is 4.56. The van der Waals surface area contributed by atoms with Crippen LogP contribution < -0.4 is 0 Å². The Kier molecular flexibility index (Phi) is 3.28. The fourth-order valence-corrected chi connectivity index (χ4v) is 3.68. The van der Waals surface area contributed by atoms with Gasteiger partial charge in [0.1, 0.15) is 19.2 Å². The van der Waals surface area contributed by atoms with Crippen LogP contribution in [0.4, 0.5) is 0 Å². The van der Waals surface area contributed by atoms with Gasteiger partial charge in [-0.3, -0.25) is 0 Å². The Morgan fingerprint density at radius 3 is 2.47 bits per heavy atom. The molecule has 2 rings (SSSR count). The second-order valence-corrected chi connectivity index (χ2v) is 6.40. The van der Waals surface area contributed by atoms with Crippen LogP contribution in [0.2, 0.25) is 0 Å². The van der Waals surface area contributed by atoms with Gasteiger partial charge in [0.05, 0.1) is 5.69 Å². The van der Waals surface area contributed by atoms with Gasteiger partial charge < -0.3 is 4.72 Å². The van der Waals surface area contributed by atoms with Gasteiger partial charge in [-0.25, -0.2) is 13.4 Å². The van der Waals surface area contributed by atoms with Crippen LogP contribution in [0.3, 0.4) is 0 Å².